The van der Waals surface area contributed by atoms with Gasteiger partial charge in [-0.15, -0.1) is 0 Å². The van der Waals surface area contributed by atoms with E-state index in [0.29, 0.717) is 6.42 Å². The fourth-order valence-electron chi connectivity index (χ4n) is 3.93. The Hall–Kier alpha value is -1.39. The van der Waals surface area contributed by atoms with Gasteiger partial charge in [0.2, 0.25) is 5.91 Å². The van der Waals surface area contributed by atoms with Crippen molar-refractivity contribution in [1.82, 2.24) is 9.80 Å². The van der Waals surface area contributed by atoms with Crippen molar-refractivity contribution in [2.75, 3.05) is 51.7 Å². The zero-order chi connectivity index (χ0) is 16.9. The molecule has 0 N–H and O–H groups in total. The third-order valence-corrected chi connectivity index (χ3v) is 5.52. The highest BCUT2D eigenvalue weighted by Gasteiger charge is 2.25. The molecule has 4 nitrogen and oxygen atoms in total. The van der Waals surface area contributed by atoms with E-state index >= 15 is 0 Å². The number of hydrogen-bond acceptors (Lipinski definition) is 3. The van der Waals surface area contributed by atoms with Crippen LogP contribution in [0.4, 0.5) is 5.69 Å². The average molecular weight is 329 g/mol. The van der Waals surface area contributed by atoms with Gasteiger partial charge in [0.1, 0.15) is 0 Å². The van der Waals surface area contributed by atoms with E-state index in [0.717, 1.165) is 44.2 Å². The Kier molecular flexibility index (Phi) is 5.90. The van der Waals surface area contributed by atoms with Crippen molar-refractivity contribution in [2.45, 2.75) is 32.1 Å². The van der Waals surface area contributed by atoms with Crippen LogP contribution in [-0.2, 0) is 11.2 Å². The van der Waals surface area contributed by atoms with Crippen molar-refractivity contribution in [2.24, 2.45) is 5.92 Å². The fourth-order valence-corrected chi connectivity index (χ4v) is 3.93. The predicted octanol–water partition coefficient (Wildman–Crippen LogP) is 2.63. The third kappa shape index (κ3) is 4.37. The van der Waals surface area contributed by atoms with Crippen LogP contribution < -0.4 is 4.90 Å². The van der Waals surface area contributed by atoms with Crippen molar-refractivity contribution in [1.29, 1.82) is 0 Å². The van der Waals surface area contributed by atoms with Gasteiger partial charge < -0.3 is 14.7 Å². The Labute approximate surface area is 146 Å². The number of para-hydroxylation sites is 1. The minimum atomic E-state index is 0.287. The van der Waals surface area contributed by atoms with Gasteiger partial charge in [-0.25, -0.2) is 0 Å². The lowest BCUT2D eigenvalue weighted by Crippen LogP contribution is -2.38. The number of amides is 1. The van der Waals surface area contributed by atoms with Crippen molar-refractivity contribution in [3.8, 4) is 0 Å². The molecule has 2 heterocycles. The Morgan fingerprint density at radius 2 is 1.92 bits per heavy atom. The SMILES string of the molecule is CN(C)CCC1CCN(CCC(=O)N2CCc3ccccc32)CC1. The van der Waals surface area contributed by atoms with Crippen LogP contribution in [-0.4, -0.2) is 62.5 Å². The smallest absolute Gasteiger partial charge is 0.228 e. The highest BCUT2D eigenvalue weighted by Crippen LogP contribution is 2.28. The number of fused-ring (bicyclic) bond motifs is 1. The molecule has 0 unspecified atom stereocenters. The molecule has 2 aliphatic rings. The molecule has 0 bridgehead atoms. The molecule has 1 saturated heterocycles. The van der Waals surface area contributed by atoms with E-state index in [2.05, 4.69) is 42.1 Å². The highest BCUT2D eigenvalue weighted by molar-refractivity contribution is 5.95. The fraction of sp³-hybridized carbons (Fsp3) is 0.650. The molecule has 0 aromatic heterocycles. The normalized spacial score (nSPS) is 19.0. The lowest BCUT2D eigenvalue weighted by Gasteiger charge is -2.32. The maximum Gasteiger partial charge on any atom is 0.228 e. The quantitative estimate of drug-likeness (QED) is 0.803. The van der Waals surface area contributed by atoms with Crippen LogP contribution in [0.3, 0.4) is 0 Å². The van der Waals surface area contributed by atoms with Gasteiger partial charge in [-0.3, -0.25) is 4.79 Å². The van der Waals surface area contributed by atoms with Crippen LogP contribution >= 0.6 is 0 Å². The van der Waals surface area contributed by atoms with Gasteiger partial charge in [-0.1, -0.05) is 18.2 Å². The summed E-state index contributed by atoms with van der Waals surface area (Å²) in [6.07, 6.45) is 5.53. The van der Waals surface area contributed by atoms with Crippen LogP contribution in [0.5, 0.6) is 0 Å². The number of hydrogen-bond donors (Lipinski definition) is 0. The average Bonchev–Trinajstić information content (AvgIpc) is 3.03. The standard InChI is InChI=1S/C20H31N3O/c1-21(2)12-7-17-8-13-22(14-9-17)15-11-20(24)23-16-10-18-5-3-4-6-19(18)23/h3-6,17H,7-16H2,1-2H3. The topological polar surface area (TPSA) is 26.8 Å². The minimum Gasteiger partial charge on any atom is -0.312 e. The number of piperidine rings is 1. The minimum absolute atomic E-state index is 0.287. The number of carbonyl (C=O) groups is 1. The van der Waals surface area contributed by atoms with E-state index in [4.69, 9.17) is 0 Å². The van der Waals surface area contributed by atoms with E-state index in [-0.39, 0.29) is 5.91 Å². The molecule has 2 aliphatic heterocycles. The summed E-state index contributed by atoms with van der Waals surface area (Å²) in [6, 6.07) is 8.31. The molecule has 4 heteroatoms. The first-order valence-corrected chi connectivity index (χ1v) is 9.39. The number of carbonyl (C=O) groups excluding carboxylic acids is 1. The first-order chi connectivity index (χ1) is 11.6. The summed E-state index contributed by atoms with van der Waals surface area (Å²) in [5, 5.41) is 0. The lowest BCUT2D eigenvalue weighted by molar-refractivity contribution is -0.118. The Morgan fingerprint density at radius 1 is 1.17 bits per heavy atom. The molecular formula is C20H31N3O. The van der Waals surface area contributed by atoms with Gasteiger partial charge in [-0.05, 0) is 77.0 Å². The van der Waals surface area contributed by atoms with Crippen molar-refractivity contribution in [3.63, 3.8) is 0 Å². The molecule has 0 radical (unpaired) electrons. The van der Waals surface area contributed by atoms with Crippen LogP contribution in [0.25, 0.3) is 0 Å². The van der Waals surface area contributed by atoms with Crippen LogP contribution in [0.1, 0.15) is 31.2 Å². The van der Waals surface area contributed by atoms with E-state index in [1.807, 2.05) is 11.0 Å². The van der Waals surface area contributed by atoms with E-state index < -0.39 is 0 Å². The maximum absolute atomic E-state index is 12.6. The summed E-state index contributed by atoms with van der Waals surface area (Å²) in [4.78, 5) is 19.3. The number of nitrogens with zero attached hydrogens (tertiary/aromatic N) is 3. The van der Waals surface area contributed by atoms with Crippen LogP contribution in [0.15, 0.2) is 24.3 Å². The molecule has 1 fully saturated rings. The van der Waals surface area contributed by atoms with Crippen molar-refractivity contribution in [3.05, 3.63) is 29.8 Å². The Morgan fingerprint density at radius 3 is 2.67 bits per heavy atom. The number of benzene rings is 1. The van der Waals surface area contributed by atoms with Gasteiger partial charge >= 0.3 is 0 Å². The summed E-state index contributed by atoms with van der Waals surface area (Å²) < 4.78 is 0. The van der Waals surface area contributed by atoms with E-state index in [1.54, 1.807) is 0 Å². The van der Waals surface area contributed by atoms with E-state index in [9.17, 15) is 4.79 Å². The second kappa shape index (κ2) is 8.13. The molecule has 0 aliphatic carbocycles. The van der Waals surface area contributed by atoms with E-state index in [1.165, 1.54) is 31.4 Å². The summed E-state index contributed by atoms with van der Waals surface area (Å²) >= 11 is 0. The first-order valence-electron chi connectivity index (χ1n) is 9.39. The predicted molar refractivity (Wildman–Crippen MR) is 99.5 cm³/mol. The monoisotopic (exact) mass is 329 g/mol. The summed E-state index contributed by atoms with van der Waals surface area (Å²) in [7, 11) is 4.30. The molecule has 132 valence electrons. The number of rotatable bonds is 6. The molecule has 24 heavy (non-hydrogen) atoms. The van der Waals surface area contributed by atoms with Gasteiger partial charge in [0.15, 0.2) is 0 Å². The van der Waals surface area contributed by atoms with Crippen molar-refractivity contribution < 1.29 is 4.79 Å². The van der Waals surface area contributed by atoms with Gasteiger partial charge in [0.05, 0.1) is 0 Å². The van der Waals surface area contributed by atoms with Gasteiger partial charge in [0.25, 0.3) is 0 Å². The highest BCUT2D eigenvalue weighted by atomic mass is 16.2. The summed E-state index contributed by atoms with van der Waals surface area (Å²) in [5.41, 5.74) is 2.44. The summed E-state index contributed by atoms with van der Waals surface area (Å²) in [6.45, 7) is 5.27. The molecule has 1 amide bonds. The van der Waals surface area contributed by atoms with Crippen LogP contribution in [0.2, 0.25) is 0 Å². The Balaban J connectivity index is 1.40. The number of likely N-dealkylation sites (tertiary alicyclic amines) is 1. The molecule has 0 saturated carbocycles. The molecule has 1 aromatic carbocycles. The number of anilines is 1. The van der Waals surface area contributed by atoms with Gasteiger partial charge in [-0.2, -0.15) is 0 Å². The van der Waals surface area contributed by atoms with Crippen LogP contribution in [0, 0.1) is 5.92 Å². The molecule has 0 spiro atoms. The lowest BCUT2D eigenvalue weighted by atomic mass is 9.93. The molecule has 1 aromatic rings. The maximum atomic E-state index is 12.6. The van der Waals surface area contributed by atoms with Gasteiger partial charge in [0, 0.05) is 25.2 Å². The molecule has 3 rings (SSSR count). The first kappa shape index (κ1) is 17.4. The third-order valence-electron chi connectivity index (χ3n) is 5.52. The Bertz CT molecular complexity index is 550. The zero-order valence-corrected chi connectivity index (χ0v) is 15.2. The molecule has 0 atom stereocenters. The second-order valence-electron chi connectivity index (χ2n) is 7.55. The largest absolute Gasteiger partial charge is 0.312 e. The zero-order valence-electron chi connectivity index (χ0n) is 15.2. The second-order valence-corrected chi connectivity index (χ2v) is 7.55. The molecular weight excluding hydrogens is 298 g/mol. The summed E-state index contributed by atoms with van der Waals surface area (Å²) in [5.74, 6) is 1.15. The van der Waals surface area contributed by atoms with Crippen molar-refractivity contribution >= 4 is 11.6 Å².